The highest BCUT2D eigenvalue weighted by Gasteiger charge is 2.07. The fraction of sp³-hybridized carbons (Fsp3) is 0.600. The molecule has 0 spiro atoms. The van der Waals surface area contributed by atoms with Crippen LogP contribution in [0.1, 0.15) is 20.3 Å². The maximum Gasteiger partial charge on any atom is 0.246 e. The Morgan fingerprint density at radius 1 is 1.62 bits per heavy atom. The van der Waals surface area contributed by atoms with Crippen LogP contribution in [0.25, 0.3) is 0 Å². The smallest absolute Gasteiger partial charge is 0.246 e. The molecule has 0 fully saturated rings. The van der Waals surface area contributed by atoms with Gasteiger partial charge in [-0.25, -0.2) is 0 Å². The third-order valence-electron chi connectivity index (χ3n) is 1.97. The van der Waals surface area contributed by atoms with Gasteiger partial charge in [-0.15, -0.1) is 0 Å². The van der Waals surface area contributed by atoms with Crippen LogP contribution in [-0.2, 0) is 4.79 Å². The quantitative estimate of drug-likeness (QED) is 0.479. The van der Waals surface area contributed by atoms with Crippen LogP contribution in [0.4, 0.5) is 0 Å². The Kier molecular flexibility index (Phi) is 5.04. The minimum absolute atomic E-state index is 0.00681. The molecule has 0 radical (unpaired) electrons. The van der Waals surface area contributed by atoms with E-state index in [4.69, 9.17) is 0 Å². The number of carbonyl (C=O) groups excluding carboxylic acids is 1. The lowest BCUT2D eigenvalue weighted by molar-refractivity contribution is -0.123. The number of aliphatic imine (C=N–C) groups is 1. The molecule has 0 aliphatic carbocycles. The Hall–Kier alpha value is -1.12. The molecule has 0 bridgehead atoms. The van der Waals surface area contributed by atoms with Gasteiger partial charge in [-0.1, -0.05) is 6.92 Å². The molecule has 0 rings (SSSR count). The van der Waals surface area contributed by atoms with Gasteiger partial charge in [-0.3, -0.25) is 9.79 Å². The molecule has 0 aliphatic heterocycles. The molecule has 0 saturated heterocycles. The maximum atomic E-state index is 11.3. The van der Waals surface area contributed by atoms with Gasteiger partial charge in [0.15, 0.2) is 0 Å². The van der Waals surface area contributed by atoms with E-state index in [9.17, 15) is 4.79 Å². The molecule has 0 saturated carbocycles. The molecule has 13 heavy (non-hydrogen) atoms. The first kappa shape index (κ1) is 11.9. The fourth-order valence-corrected chi connectivity index (χ4v) is 0.923. The van der Waals surface area contributed by atoms with Gasteiger partial charge in [0.1, 0.15) is 0 Å². The first-order valence-electron chi connectivity index (χ1n) is 4.40. The summed E-state index contributed by atoms with van der Waals surface area (Å²) in [4.78, 5) is 16.8. The van der Waals surface area contributed by atoms with E-state index in [0.29, 0.717) is 0 Å². The summed E-state index contributed by atoms with van der Waals surface area (Å²) in [5, 5.41) is 0. The molecule has 0 aromatic heterocycles. The molecule has 0 aromatic carbocycles. The Labute approximate surface area is 80.2 Å². The van der Waals surface area contributed by atoms with E-state index in [2.05, 4.69) is 11.7 Å². The zero-order chi connectivity index (χ0) is 10.4. The van der Waals surface area contributed by atoms with E-state index in [1.165, 1.54) is 0 Å². The largest absolute Gasteiger partial charge is 0.345 e. The number of hydrogen-bond acceptors (Lipinski definition) is 2. The predicted octanol–water partition coefficient (Wildman–Crippen LogP) is 1.50. The van der Waals surface area contributed by atoms with Gasteiger partial charge in [-0.05, 0) is 25.6 Å². The average Bonchev–Trinajstić information content (AvgIpc) is 2.12. The molecule has 3 nitrogen and oxygen atoms in total. The molecular weight excluding hydrogens is 164 g/mol. The van der Waals surface area contributed by atoms with Crippen molar-refractivity contribution in [2.45, 2.75) is 26.3 Å². The minimum atomic E-state index is 0.00681. The standard InChI is InChI=1S/C10H18N2O/c1-6-9(8(2)11-3)7-10(13)12(4)5/h7-8H,3,6H2,1-2,4-5H3/b9-7+/t8-/m0/s1. The summed E-state index contributed by atoms with van der Waals surface area (Å²) in [5.41, 5.74) is 1.02. The van der Waals surface area contributed by atoms with Gasteiger partial charge in [-0.2, -0.15) is 0 Å². The van der Waals surface area contributed by atoms with Crippen LogP contribution >= 0.6 is 0 Å². The van der Waals surface area contributed by atoms with Crippen molar-refractivity contribution in [3.05, 3.63) is 11.6 Å². The normalized spacial score (nSPS) is 13.7. The van der Waals surface area contributed by atoms with E-state index in [-0.39, 0.29) is 11.9 Å². The highest BCUT2D eigenvalue weighted by molar-refractivity contribution is 5.88. The minimum Gasteiger partial charge on any atom is -0.345 e. The monoisotopic (exact) mass is 182 g/mol. The summed E-state index contributed by atoms with van der Waals surface area (Å²) < 4.78 is 0. The summed E-state index contributed by atoms with van der Waals surface area (Å²) in [7, 11) is 3.47. The lowest BCUT2D eigenvalue weighted by Crippen LogP contribution is -2.20. The van der Waals surface area contributed by atoms with Crippen molar-refractivity contribution in [1.82, 2.24) is 4.90 Å². The summed E-state index contributed by atoms with van der Waals surface area (Å²) in [5.74, 6) is 0.00681. The van der Waals surface area contributed by atoms with E-state index in [1.807, 2.05) is 13.8 Å². The Morgan fingerprint density at radius 3 is 2.46 bits per heavy atom. The first-order valence-corrected chi connectivity index (χ1v) is 4.40. The molecule has 0 unspecified atom stereocenters. The van der Waals surface area contributed by atoms with Gasteiger partial charge in [0.05, 0.1) is 6.04 Å². The van der Waals surface area contributed by atoms with Gasteiger partial charge < -0.3 is 4.90 Å². The van der Waals surface area contributed by atoms with Gasteiger partial charge in [0, 0.05) is 20.2 Å². The number of rotatable bonds is 4. The van der Waals surface area contributed by atoms with Crippen LogP contribution < -0.4 is 0 Å². The Balaban J connectivity index is 4.56. The van der Waals surface area contributed by atoms with Gasteiger partial charge in [0.25, 0.3) is 0 Å². The van der Waals surface area contributed by atoms with E-state index >= 15 is 0 Å². The van der Waals surface area contributed by atoms with Gasteiger partial charge >= 0.3 is 0 Å². The maximum absolute atomic E-state index is 11.3. The molecule has 74 valence electrons. The predicted molar refractivity (Wildman–Crippen MR) is 56.1 cm³/mol. The van der Waals surface area contributed by atoms with Crippen molar-refractivity contribution in [3.63, 3.8) is 0 Å². The number of nitrogens with zero attached hydrogens (tertiary/aromatic N) is 2. The summed E-state index contributed by atoms with van der Waals surface area (Å²) in [6, 6.07) is 0.0360. The Bertz CT molecular complexity index is 219. The zero-order valence-corrected chi connectivity index (χ0v) is 8.87. The van der Waals surface area contributed by atoms with Crippen molar-refractivity contribution >= 4 is 12.6 Å². The molecule has 0 aliphatic rings. The summed E-state index contributed by atoms with van der Waals surface area (Å²) in [6.07, 6.45) is 2.47. The zero-order valence-electron chi connectivity index (χ0n) is 8.87. The summed E-state index contributed by atoms with van der Waals surface area (Å²) in [6.45, 7) is 7.41. The average molecular weight is 182 g/mol. The first-order chi connectivity index (χ1) is 6.02. The van der Waals surface area contributed by atoms with Crippen molar-refractivity contribution in [3.8, 4) is 0 Å². The van der Waals surface area contributed by atoms with Crippen molar-refractivity contribution < 1.29 is 4.79 Å². The topological polar surface area (TPSA) is 32.7 Å². The third kappa shape index (κ3) is 3.87. The SMILES string of the molecule is C=N[C@@H](C)/C(=C/C(=O)N(C)C)CC. The summed E-state index contributed by atoms with van der Waals surface area (Å²) >= 11 is 0. The highest BCUT2D eigenvalue weighted by Crippen LogP contribution is 2.10. The van der Waals surface area contributed by atoms with Gasteiger partial charge in [0.2, 0.25) is 5.91 Å². The molecule has 3 heteroatoms. The van der Waals surface area contributed by atoms with E-state index in [1.54, 1.807) is 25.1 Å². The van der Waals surface area contributed by atoms with Crippen LogP contribution in [0.2, 0.25) is 0 Å². The number of amides is 1. The second-order valence-corrected chi connectivity index (χ2v) is 3.16. The van der Waals surface area contributed by atoms with Crippen LogP contribution in [0.15, 0.2) is 16.6 Å². The number of hydrogen-bond donors (Lipinski definition) is 0. The lowest BCUT2D eigenvalue weighted by Gasteiger charge is -2.11. The molecule has 1 amide bonds. The van der Waals surface area contributed by atoms with E-state index < -0.39 is 0 Å². The van der Waals surface area contributed by atoms with Crippen LogP contribution in [-0.4, -0.2) is 37.7 Å². The molecular formula is C10H18N2O. The van der Waals surface area contributed by atoms with Crippen molar-refractivity contribution in [1.29, 1.82) is 0 Å². The fourth-order valence-electron chi connectivity index (χ4n) is 0.923. The molecule has 1 atom stereocenters. The van der Waals surface area contributed by atoms with Crippen LogP contribution in [0.3, 0.4) is 0 Å². The number of carbonyl (C=O) groups is 1. The third-order valence-corrected chi connectivity index (χ3v) is 1.97. The number of likely N-dealkylation sites (N-methyl/N-ethyl adjacent to an activating group) is 1. The molecule has 0 N–H and O–H groups in total. The van der Waals surface area contributed by atoms with Crippen molar-refractivity contribution in [2.24, 2.45) is 4.99 Å². The molecule has 0 heterocycles. The second kappa shape index (κ2) is 5.51. The highest BCUT2D eigenvalue weighted by atomic mass is 16.2. The molecule has 0 aromatic rings. The lowest BCUT2D eigenvalue weighted by atomic mass is 10.1. The van der Waals surface area contributed by atoms with E-state index in [0.717, 1.165) is 12.0 Å². The Morgan fingerprint density at radius 2 is 2.15 bits per heavy atom. The van der Waals surface area contributed by atoms with Crippen LogP contribution in [0, 0.1) is 0 Å². The van der Waals surface area contributed by atoms with Crippen molar-refractivity contribution in [2.75, 3.05) is 14.1 Å². The van der Waals surface area contributed by atoms with Crippen LogP contribution in [0.5, 0.6) is 0 Å². The second-order valence-electron chi connectivity index (χ2n) is 3.16.